The van der Waals surface area contributed by atoms with E-state index in [-0.39, 0.29) is 5.60 Å². The molecular weight excluding hydrogens is 174 g/mol. The fourth-order valence-corrected chi connectivity index (χ4v) is 1.07. The molecule has 0 aromatic carbocycles. The summed E-state index contributed by atoms with van der Waals surface area (Å²) in [7, 11) is 0. The van der Waals surface area contributed by atoms with E-state index in [1.807, 2.05) is 0 Å². The van der Waals surface area contributed by atoms with E-state index >= 15 is 0 Å². The van der Waals surface area contributed by atoms with Crippen molar-refractivity contribution in [2.75, 3.05) is 13.2 Å². The molecule has 0 atom stereocenters. The Bertz CT molecular complexity index is 132. The lowest BCUT2D eigenvalue weighted by atomic mass is 10.1. The van der Waals surface area contributed by atoms with Crippen LogP contribution in [0.2, 0.25) is 0 Å². The summed E-state index contributed by atoms with van der Waals surface area (Å²) in [5.74, 6) is 0. The predicted octanol–water partition coefficient (Wildman–Crippen LogP) is 2.97. The topological polar surface area (TPSA) is 21.3 Å². The van der Waals surface area contributed by atoms with E-state index in [2.05, 4.69) is 39.9 Å². The molecule has 0 radical (unpaired) electrons. The van der Waals surface area contributed by atoms with Gasteiger partial charge < -0.3 is 10.1 Å². The maximum atomic E-state index is 5.76. The van der Waals surface area contributed by atoms with E-state index < -0.39 is 0 Å². The number of nitrogens with one attached hydrogen (secondary N) is 1. The van der Waals surface area contributed by atoms with E-state index in [1.165, 1.54) is 6.42 Å². The minimum atomic E-state index is 0.0610. The van der Waals surface area contributed by atoms with Gasteiger partial charge in [0.15, 0.2) is 0 Å². The molecule has 0 amide bonds. The zero-order valence-corrected chi connectivity index (χ0v) is 10.5. The van der Waals surface area contributed by atoms with Gasteiger partial charge in [0, 0.05) is 12.6 Å². The van der Waals surface area contributed by atoms with Crippen LogP contribution in [0.5, 0.6) is 0 Å². The Kier molecular flexibility index (Phi) is 7.20. The minimum Gasteiger partial charge on any atom is -0.376 e. The lowest BCUT2D eigenvalue weighted by Crippen LogP contribution is -2.25. The van der Waals surface area contributed by atoms with Crippen LogP contribution in [-0.4, -0.2) is 24.8 Å². The van der Waals surface area contributed by atoms with Gasteiger partial charge in [-0.3, -0.25) is 0 Å². The number of unbranched alkanes of at least 4 members (excludes halogenated alkanes) is 1. The van der Waals surface area contributed by atoms with E-state index in [0.717, 1.165) is 26.0 Å². The Morgan fingerprint density at radius 3 is 2.36 bits per heavy atom. The molecule has 0 saturated heterocycles. The molecule has 0 aromatic heterocycles. The summed E-state index contributed by atoms with van der Waals surface area (Å²) in [5.41, 5.74) is 0.0610. The third kappa shape index (κ3) is 8.52. The average Bonchev–Trinajstić information content (AvgIpc) is 2.10. The summed E-state index contributed by atoms with van der Waals surface area (Å²) < 4.78 is 5.76. The highest BCUT2D eigenvalue weighted by molar-refractivity contribution is 4.64. The van der Waals surface area contributed by atoms with Crippen LogP contribution < -0.4 is 5.32 Å². The standard InChI is InChI=1S/C12H27NO/c1-6-12(4,5)14-10-8-7-9-13-11(2)3/h11,13H,6-10H2,1-5H3. The molecule has 1 N–H and O–H groups in total. The van der Waals surface area contributed by atoms with Crippen LogP contribution in [0.15, 0.2) is 0 Å². The van der Waals surface area contributed by atoms with Crippen molar-refractivity contribution in [2.24, 2.45) is 0 Å². The Morgan fingerprint density at radius 1 is 1.21 bits per heavy atom. The van der Waals surface area contributed by atoms with Crippen LogP contribution in [0.4, 0.5) is 0 Å². The summed E-state index contributed by atoms with van der Waals surface area (Å²) >= 11 is 0. The fourth-order valence-electron chi connectivity index (χ4n) is 1.07. The van der Waals surface area contributed by atoms with Gasteiger partial charge in [-0.25, -0.2) is 0 Å². The van der Waals surface area contributed by atoms with Crippen LogP contribution >= 0.6 is 0 Å². The maximum absolute atomic E-state index is 5.76. The zero-order valence-electron chi connectivity index (χ0n) is 10.5. The zero-order chi connectivity index (χ0) is 11.0. The van der Waals surface area contributed by atoms with Crippen molar-refractivity contribution in [2.45, 2.75) is 65.5 Å². The van der Waals surface area contributed by atoms with E-state index in [4.69, 9.17) is 4.74 Å². The molecule has 0 aromatic rings. The Balaban J connectivity index is 3.21. The fraction of sp³-hybridized carbons (Fsp3) is 1.00. The average molecular weight is 201 g/mol. The van der Waals surface area contributed by atoms with Crippen molar-refractivity contribution < 1.29 is 4.74 Å². The molecule has 0 aliphatic rings. The highest BCUT2D eigenvalue weighted by Gasteiger charge is 2.13. The molecule has 0 fully saturated rings. The lowest BCUT2D eigenvalue weighted by molar-refractivity contribution is -0.0215. The second kappa shape index (κ2) is 7.24. The molecular formula is C12H27NO. The van der Waals surface area contributed by atoms with Gasteiger partial charge in [0.25, 0.3) is 0 Å². The highest BCUT2D eigenvalue weighted by atomic mass is 16.5. The van der Waals surface area contributed by atoms with Crippen molar-refractivity contribution in [1.29, 1.82) is 0 Å². The number of hydrogen-bond acceptors (Lipinski definition) is 2. The predicted molar refractivity (Wildman–Crippen MR) is 62.7 cm³/mol. The van der Waals surface area contributed by atoms with Crippen LogP contribution in [0, 0.1) is 0 Å². The number of ether oxygens (including phenoxy) is 1. The third-order valence-electron chi connectivity index (χ3n) is 2.47. The van der Waals surface area contributed by atoms with E-state index in [0.29, 0.717) is 6.04 Å². The van der Waals surface area contributed by atoms with Gasteiger partial charge in [-0.05, 0) is 39.7 Å². The first-order valence-electron chi connectivity index (χ1n) is 5.85. The maximum Gasteiger partial charge on any atom is 0.0623 e. The van der Waals surface area contributed by atoms with Crippen LogP contribution in [0.3, 0.4) is 0 Å². The Labute approximate surface area is 89.4 Å². The van der Waals surface area contributed by atoms with Crippen LogP contribution in [-0.2, 0) is 4.74 Å². The van der Waals surface area contributed by atoms with Crippen molar-refractivity contribution in [3.8, 4) is 0 Å². The molecule has 0 bridgehead atoms. The second-order valence-corrected chi connectivity index (χ2v) is 4.78. The smallest absolute Gasteiger partial charge is 0.0623 e. The molecule has 2 nitrogen and oxygen atoms in total. The van der Waals surface area contributed by atoms with Crippen LogP contribution in [0.1, 0.15) is 53.9 Å². The SMILES string of the molecule is CCC(C)(C)OCCCCNC(C)C. The second-order valence-electron chi connectivity index (χ2n) is 4.78. The van der Waals surface area contributed by atoms with Gasteiger partial charge in [0.05, 0.1) is 5.60 Å². The van der Waals surface area contributed by atoms with E-state index in [9.17, 15) is 0 Å². The van der Waals surface area contributed by atoms with Gasteiger partial charge in [-0.2, -0.15) is 0 Å². The largest absolute Gasteiger partial charge is 0.376 e. The van der Waals surface area contributed by atoms with E-state index in [1.54, 1.807) is 0 Å². The van der Waals surface area contributed by atoms with Crippen LogP contribution in [0.25, 0.3) is 0 Å². The molecule has 0 spiro atoms. The molecule has 2 heteroatoms. The van der Waals surface area contributed by atoms with Gasteiger partial charge in [0.2, 0.25) is 0 Å². The normalized spacial score (nSPS) is 12.4. The van der Waals surface area contributed by atoms with Gasteiger partial charge in [0.1, 0.15) is 0 Å². The summed E-state index contributed by atoms with van der Waals surface area (Å²) in [4.78, 5) is 0. The first-order valence-corrected chi connectivity index (χ1v) is 5.85. The number of hydrogen-bond donors (Lipinski definition) is 1. The highest BCUT2D eigenvalue weighted by Crippen LogP contribution is 2.13. The summed E-state index contributed by atoms with van der Waals surface area (Å²) in [6.45, 7) is 12.8. The lowest BCUT2D eigenvalue weighted by Gasteiger charge is -2.23. The van der Waals surface area contributed by atoms with Gasteiger partial charge >= 0.3 is 0 Å². The third-order valence-corrected chi connectivity index (χ3v) is 2.47. The molecule has 0 aliphatic carbocycles. The first-order chi connectivity index (χ1) is 6.48. The molecule has 0 unspecified atom stereocenters. The Hall–Kier alpha value is -0.0800. The molecule has 0 rings (SSSR count). The first kappa shape index (κ1) is 13.9. The van der Waals surface area contributed by atoms with Gasteiger partial charge in [-0.15, -0.1) is 0 Å². The van der Waals surface area contributed by atoms with Crippen molar-refractivity contribution in [1.82, 2.24) is 5.32 Å². The van der Waals surface area contributed by atoms with Gasteiger partial charge in [-0.1, -0.05) is 20.8 Å². The number of rotatable bonds is 8. The molecule has 0 aliphatic heterocycles. The molecule has 86 valence electrons. The van der Waals surface area contributed by atoms with Crippen molar-refractivity contribution >= 4 is 0 Å². The molecule has 0 heterocycles. The summed E-state index contributed by atoms with van der Waals surface area (Å²) in [6, 6.07) is 0.600. The monoisotopic (exact) mass is 201 g/mol. The molecule has 0 saturated carbocycles. The van der Waals surface area contributed by atoms with Crippen molar-refractivity contribution in [3.63, 3.8) is 0 Å². The van der Waals surface area contributed by atoms with Crippen molar-refractivity contribution in [3.05, 3.63) is 0 Å². The minimum absolute atomic E-state index is 0.0610. The summed E-state index contributed by atoms with van der Waals surface area (Å²) in [5, 5.41) is 3.40. The Morgan fingerprint density at radius 2 is 1.86 bits per heavy atom. The molecule has 14 heavy (non-hydrogen) atoms. The summed E-state index contributed by atoms with van der Waals surface area (Å²) in [6.07, 6.45) is 3.44. The quantitative estimate of drug-likeness (QED) is 0.610.